The fourth-order valence-corrected chi connectivity index (χ4v) is 1.75. The van der Waals surface area contributed by atoms with E-state index in [1.165, 1.54) is 5.54 Å². The largest absolute Gasteiger partial charge is 0.481 e. The quantitative estimate of drug-likeness (QED) is 0.821. The van der Waals surface area contributed by atoms with Crippen molar-refractivity contribution in [3.8, 4) is 5.75 Å². The van der Waals surface area contributed by atoms with E-state index in [0.717, 1.165) is 11.3 Å². The summed E-state index contributed by atoms with van der Waals surface area (Å²) < 4.78 is 5.34. The summed E-state index contributed by atoms with van der Waals surface area (Å²) in [6, 6.07) is 5.24. The minimum absolute atomic E-state index is 0.0337. The topological polar surface area (TPSA) is 55.6 Å². The summed E-state index contributed by atoms with van der Waals surface area (Å²) in [7, 11) is 0. The molecule has 5 heteroatoms. The molecule has 0 radical (unpaired) electrons. The van der Waals surface area contributed by atoms with E-state index in [-0.39, 0.29) is 12.5 Å². The van der Waals surface area contributed by atoms with Gasteiger partial charge in [0.25, 0.3) is 5.91 Å². The zero-order chi connectivity index (χ0) is 12.4. The number of nitrogens with two attached hydrogens (primary N) is 1. The Morgan fingerprint density at radius 2 is 2.41 bits per heavy atom. The summed E-state index contributed by atoms with van der Waals surface area (Å²) >= 11 is 5.62. The molecule has 90 valence electrons. The van der Waals surface area contributed by atoms with Crippen LogP contribution >= 0.6 is 11.6 Å². The number of carbonyl (C=O) groups is 1. The summed E-state index contributed by atoms with van der Waals surface area (Å²) in [6.07, 6.45) is 0. The second-order valence-corrected chi connectivity index (χ2v) is 4.17. The van der Waals surface area contributed by atoms with Crippen molar-refractivity contribution in [3.63, 3.8) is 0 Å². The Balaban J connectivity index is 2.36. The van der Waals surface area contributed by atoms with Gasteiger partial charge in [-0.3, -0.25) is 4.79 Å². The fourth-order valence-electron chi connectivity index (χ4n) is 1.68. The summed E-state index contributed by atoms with van der Waals surface area (Å²) in [5.41, 5.74) is 9.40. The Bertz CT molecular complexity index is 485. The highest BCUT2D eigenvalue weighted by atomic mass is 35.5. The summed E-state index contributed by atoms with van der Waals surface area (Å²) in [4.78, 5) is 13.4. The first-order valence-corrected chi connectivity index (χ1v) is 5.64. The Morgan fingerprint density at radius 3 is 3.12 bits per heavy atom. The first-order valence-electron chi connectivity index (χ1n) is 5.20. The molecule has 0 unspecified atom stereocenters. The molecule has 0 spiro atoms. The van der Waals surface area contributed by atoms with Gasteiger partial charge in [-0.15, -0.1) is 0 Å². The van der Waals surface area contributed by atoms with Gasteiger partial charge in [-0.05, 0) is 24.6 Å². The molecule has 2 N–H and O–H groups in total. The lowest BCUT2D eigenvalue weighted by Gasteiger charge is -2.29. The number of carbonyl (C=O) groups excluding carboxylic acids is 1. The van der Waals surface area contributed by atoms with Crippen LogP contribution in [0.4, 0.5) is 11.4 Å². The first kappa shape index (κ1) is 11.8. The van der Waals surface area contributed by atoms with Gasteiger partial charge in [0, 0.05) is 23.8 Å². The van der Waals surface area contributed by atoms with Crippen LogP contribution < -0.4 is 15.4 Å². The van der Waals surface area contributed by atoms with Gasteiger partial charge in [0.05, 0.1) is 5.69 Å². The standard InChI is InChI=1S/C12H13ClN2O2/c1-8(5-13)6-15-10-3-2-9(14)4-11(10)17-7-12(15)16/h2-5H,6-7,14H2,1H3/b8-5-. The molecular weight excluding hydrogens is 240 g/mol. The summed E-state index contributed by atoms with van der Waals surface area (Å²) in [5, 5.41) is 0. The summed E-state index contributed by atoms with van der Waals surface area (Å²) in [6.45, 7) is 2.36. The van der Waals surface area contributed by atoms with Crippen molar-refractivity contribution in [1.29, 1.82) is 0 Å². The molecule has 0 aliphatic carbocycles. The van der Waals surface area contributed by atoms with E-state index < -0.39 is 0 Å². The first-order chi connectivity index (χ1) is 8.11. The maximum Gasteiger partial charge on any atom is 0.265 e. The van der Waals surface area contributed by atoms with Gasteiger partial charge in [0.1, 0.15) is 5.75 Å². The van der Waals surface area contributed by atoms with Gasteiger partial charge in [-0.2, -0.15) is 0 Å². The summed E-state index contributed by atoms with van der Waals surface area (Å²) in [5.74, 6) is 0.548. The molecule has 4 nitrogen and oxygen atoms in total. The number of hydrogen-bond donors (Lipinski definition) is 1. The molecule has 1 aromatic carbocycles. The molecule has 1 amide bonds. The van der Waals surface area contributed by atoms with Crippen molar-refractivity contribution >= 4 is 28.9 Å². The SMILES string of the molecule is C/C(=C/Cl)CN1C(=O)COc2cc(N)ccc21. The lowest BCUT2D eigenvalue weighted by atomic mass is 10.2. The fraction of sp³-hybridized carbons (Fsp3) is 0.250. The van der Waals surface area contributed by atoms with Gasteiger partial charge in [0.15, 0.2) is 6.61 Å². The van der Waals surface area contributed by atoms with Crippen LogP contribution in [-0.4, -0.2) is 19.1 Å². The predicted octanol–water partition coefficient (Wildman–Crippen LogP) is 2.14. The number of amides is 1. The second kappa shape index (κ2) is 4.67. The molecule has 0 bridgehead atoms. The van der Waals surface area contributed by atoms with Crippen molar-refractivity contribution in [2.75, 3.05) is 23.8 Å². The molecule has 0 saturated heterocycles. The Morgan fingerprint density at radius 1 is 1.65 bits per heavy atom. The number of nitrogens with zero attached hydrogens (tertiary/aromatic N) is 1. The van der Waals surface area contributed by atoms with Crippen molar-refractivity contribution < 1.29 is 9.53 Å². The molecular formula is C12H13ClN2O2. The van der Waals surface area contributed by atoms with Crippen molar-refractivity contribution in [1.82, 2.24) is 0 Å². The number of fused-ring (bicyclic) bond motifs is 1. The average Bonchev–Trinajstić information content (AvgIpc) is 2.32. The average molecular weight is 253 g/mol. The maximum atomic E-state index is 11.8. The van der Waals surface area contributed by atoms with E-state index >= 15 is 0 Å². The molecule has 0 atom stereocenters. The van der Waals surface area contributed by atoms with Crippen molar-refractivity contribution in [2.45, 2.75) is 6.92 Å². The van der Waals surface area contributed by atoms with Crippen LogP contribution in [0.15, 0.2) is 29.3 Å². The highest BCUT2D eigenvalue weighted by molar-refractivity contribution is 6.25. The van der Waals surface area contributed by atoms with Crippen LogP contribution in [-0.2, 0) is 4.79 Å². The van der Waals surface area contributed by atoms with Crippen molar-refractivity contribution in [3.05, 3.63) is 29.3 Å². The van der Waals surface area contributed by atoms with Gasteiger partial charge < -0.3 is 15.4 Å². The lowest BCUT2D eigenvalue weighted by Crippen LogP contribution is -2.39. The van der Waals surface area contributed by atoms with E-state index in [0.29, 0.717) is 18.0 Å². The molecule has 1 aliphatic rings. The zero-order valence-electron chi connectivity index (χ0n) is 9.44. The minimum atomic E-state index is -0.0832. The third kappa shape index (κ3) is 2.36. The normalized spacial score (nSPS) is 15.5. The van der Waals surface area contributed by atoms with E-state index in [1.54, 1.807) is 23.1 Å². The zero-order valence-corrected chi connectivity index (χ0v) is 10.2. The molecule has 2 rings (SSSR count). The van der Waals surface area contributed by atoms with Crippen molar-refractivity contribution in [2.24, 2.45) is 0 Å². The molecule has 0 aromatic heterocycles. The van der Waals surface area contributed by atoms with Crippen LogP contribution in [0.3, 0.4) is 0 Å². The molecule has 1 aromatic rings. The van der Waals surface area contributed by atoms with E-state index in [9.17, 15) is 4.79 Å². The number of anilines is 2. The molecule has 17 heavy (non-hydrogen) atoms. The van der Waals surface area contributed by atoms with Crippen LogP contribution in [0.5, 0.6) is 5.75 Å². The third-order valence-corrected chi connectivity index (χ3v) is 2.89. The van der Waals surface area contributed by atoms with Crippen LogP contribution in [0, 0.1) is 0 Å². The predicted molar refractivity (Wildman–Crippen MR) is 68.3 cm³/mol. The second-order valence-electron chi connectivity index (χ2n) is 3.95. The lowest BCUT2D eigenvalue weighted by molar-refractivity contribution is -0.121. The van der Waals surface area contributed by atoms with Gasteiger partial charge in [-0.1, -0.05) is 11.6 Å². The molecule has 1 heterocycles. The number of nitrogen functional groups attached to an aromatic ring is 1. The molecule has 0 saturated carbocycles. The Hall–Kier alpha value is -1.68. The number of hydrogen-bond acceptors (Lipinski definition) is 3. The smallest absolute Gasteiger partial charge is 0.265 e. The highest BCUT2D eigenvalue weighted by Crippen LogP contribution is 2.34. The number of halogens is 1. The highest BCUT2D eigenvalue weighted by Gasteiger charge is 2.25. The van der Waals surface area contributed by atoms with E-state index in [4.69, 9.17) is 22.1 Å². The van der Waals surface area contributed by atoms with E-state index in [2.05, 4.69) is 0 Å². The monoisotopic (exact) mass is 252 g/mol. The minimum Gasteiger partial charge on any atom is -0.481 e. The number of benzene rings is 1. The Labute approximate surface area is 105 Å². The molecule has 1 aliphatic heterocycles. The van der Waals surface area contributed by atoms with Crippen LogP contribution in [0.2, 0.25) is 0 Å². The number of ether oxygens (including phenoxy) is 1. The van der Waals surface area contributed by atoms with Crippen LogP contribution in [0.25, 0.3) is 0 Å². The van der Waals surface area contributed by atoms with Gasteiger partial charge in [-0.25, -0.2) is 0 Å². The third-order valence-electron chi connectivity index (χ3n) is 2.52. The van der Waals surface area contributed by atoms with Gasteiger partial charge >= 0.3 is 0 Å². The Kier molecular flexibility index (Phi) is 3.24. The van der Waals surface area contributed by atoms with Crippen LogP contribution in [0.1, 0.15) is 6.92 Å². The number of rotatable bonds is 2. The van der Waals surface area contributed by atoms with E-state index in [1.807, 2.05) is 6.92 Å². The maximum absolute atomic E-state index is 11.8. The molecule has 0 fully saturated rings. The van der Waals surface area contributed by atoms with Gasteiger partial charge in [0.2, 0.25) is 0 Å².